The zero-order valence-electron chi connectivity index (χ0n) is 11.3. The van der Waals surface area contributed by atoms with Gasteiger partial charge in [-0.1, -0.05) is 41.7 Å². The van der Waals surface area contributed by atoms with Crippen LogP contribution in [0.1, 0.15) is 5.82 Å². The van der Waals surface area contributed by atoms with Crippen molar-refractivity contribution in [3.63, 3.8) is 0 Å². The van der Waals surface area contributed by atoms with E-state index in [0.717, 1.165) is 15.5 Å². The van der Waals surface area contributed by atoms with Gasteiger partial charge in [0.15, 0.2) is 12.4 Å². The number of rotatable bonds is 4. The van der Waals surface area contributed by atoms with Gasteiger partial charge in [0.1, 0.15) is 5.01 Å². The van der Waals surface area contributed by atoms with Crippen LogP contribution in [0.3, 0.4) is 0 Å². The molecule has 4 aromatic rings. The van der Waals surface area contributed by atoms with E-state index < -0.39 is 0 Å². The Hall–Kier alpha value is -2.87. The van der Waals surface area contributed by atoms with Gasteiger partial charge in [0.25, 0.3) is 0 Å². The van der Waals surface area contributed by atoms with Crippen molar-refractivity contribution >= 4 is 16.3 Å². The quantitative estimate of drug-likeness (QED) is 0.575. The molecule has 3 heterocycles. The Kier molecular flexibility index (Phi) is 3.20. The summed E-state index contributed by atoms with van der Waals surface area (Å²) in [7, 11) is 0. The second-order valence-corrected chi connectivity index (χ2v) is 5.37. The molecule has 0 aliphatic heterocycles. The van der Waals surface area contributed by atoms with Gasteiger partial charge in [0, 0.05) is 18.0 Å². The topological polar surface area (TPSA) is 78.1 Å². The standard InChI is InChI=1S/C14H10N6OS/c1-2-4-10(5-3-1)13-19-20-11(17-18-14(20)22-13)9-21-12-8-15-6-7-16-12/h1-8H,9H2. The van der Waals surface area contributed by atoms with Gasteiger partial charge in [0.2, 0.25) is 10.8 Å². The highest BCUT2D eigenvalue weighted by molar-refractivity contribution is 7.19. The summed E-state index contributed by atoms with van der Waals surface area (Å²) in [6.07, 6.45) is 4.72. The minimum atomic E-state index is 0.234. The molecule has 0 amide bonds. The largest absolute Gasteiger partial charge is 0.468 e. The predicted molar refractivity (Wildman–Crippen MR) is 80.5 cm³/mol. The van der Waals surface area contributed by atoms with Crippen molar-refractivity contribution in [1.29, 1.82) is 0 Å². The molecule has 3 aromatic heterocycles. The lowest BCUT2D eigenvalue weighted by Crippen LogP contribution is -2.03. The highest BCUT2D eigenvalue weighted by Gasteiger charge is 2.13. The SMILES string of the molecule is c1ccc(-c2nn3c(COc4cnccn4)nnc3s2)cc1. The number of hydrogen-bond acceptors (Lipinski definition) is 7. The van der Waals surface area contributed by atoms with Crippen LogP contribution < -0.4 is 4.74 Å². The van der Waals surface area contributed by atoms with Gasteiger partial charge in [-0.3, -0.25) is 4.98 Å². The van der Waals surface area contributed by atoms with Gasteiger partial charge in [-0.15, -0.1) is 10.2 Å². The number of nitrogens with zero attached hydrogens (tertiary/aromatic N) is 6. The van der Waals surface area contributed by atoms with Crippen LogP contribution in [-0.4, -0.2) is 29.8 Å². The molecule has 0 fully saturated rings. The van der Waals surface area contributed by atoms with Crippen molar-refractivity contribution in [2.24, 2.45) is 0 Å². The van der Waals surface area contributed by atoms with E-state index in [1.165, 1.54) is 11.3 Å². The van der Waals surface area contributed by atoms with Gasteiger partial charge in [-0.05, 0) is 0 Å². The molecule has 0 atom stereocenters. The molecule has 0 spiro atoms. The minimum absolute atomic E-state index is 0.234. The van der Waals surface area contributed by atoms with E-state index in [1.807, 2.05) is 30.3 Å². The fraction of sp³-hybridized carbons (Fsp3) is 0.0714. The van der Waals surface area contributed by atoms with Gasteiger partial charge in [-0.25, -0.2) is 4.98 Å². The third-order valence-electron chi connectivity index (χ3n) is 2.96. The number of aromatic nitrogens is 6. The molecule has 0 N–H and O–H groups in total. The minimum Gasteiger partial charge on any atom is -0.468 e. The van der Waals surface area contributed by atoms with Gasteiger partial charge < -0.3 is 4.74 Å². The van der Waals surface area contributed by atoms with Crippen LogP contribution in [0.4, 0.5) is 0 Å². The van der Waals surface area contributed by atoms with Gasteiger partial charge in [0.05, 0.1) is 6.20 Å². The van der Waals surface area contributed by atoms with E-state index in [2.05, 4.69) is 25.3 Å². The van der Waals surface area contributed by atoms with Crippen LogP contribution in [0.5, 0.6) is 5.88 Å². The molecular weight excluding hydrogens is 300 g/mol. The van der Waals surface area contributed by atoms with E-state index >= 15 is 0 Å². The van der Waals surface area contributed by atoms with E-state index in [0.29, 0.717) is 11.7 Å². The predicted octanol–water partition coefficient (Wildman–Crippen LogP) is 2.22. The first-order chi connectivity index (χ1) is 10.9. The van der Waals surface area contributed by atoms with E-state index in [-0.39, 0.29) is 6.61 Å². The first-order valence-electron chi connectivity index (χ1n) is 6.55. The van der Waals surface area contributed by atoms with Crippen LogP contribution in [0.15, 0.2) is 48.9 Å². The van der Waals surface area contributed by atoms with Crippen molar-refractivity contribution in [3.8, 4) is 16.5 Å². The summed E-state index contributed by atoms with van der Waals surface area (Å²) in [6.45, 7) is 0.234. The molecule has 0 radical (unpaired) electrons. The summed E-state index contributed by atoms with van der Waals surface area (Å²) in [5, 5.41) is 13.7. The Morgan fingerprint density at radius 1 is 1.09 bits per heavy atom. The maximum absolute atomic E-state index is 5.54. The van der Waals surface area contributed by atoms with Gasteiger partial charge in [-0.2, -0.15) is 9.61 Å². The van der Waals surface area contributed by atoms with E-state index in [1.54, 1.807) is 23.1 Å². The van der Waals surface area contributed by atoms with E-state index in [9.17, 15) is 0 Å². The molecule has 4 rings (SSSR count). The fourth-order valence-corrected chi connectivity index (χ4v) is 2.81. The number of ether oxygens (including phenoxy) is 1. The average molecular weight is 310 g/mol. The maximum Gasteiger partial charge on any atom is 0.235 e. The molecule has 108 valence electrons. The van der Waals surface area contributed by atoms with Crippen LogP contribution in [0.25, 0.3) is 15.5 Å². The number of fused-ring (bicyclic) bond motifs is 1. The van der Waals surface area contributed by atoms with E-state index in [4.69, 9.17) is 4.74 Å². The molecule has 1 aromatic carbocycles. The molecule has 7 nitrogen and oxygen atoms in total. The average Bonchev–Trinajstić information content (AvgIpc) is 3.16. The Morgan fingerprint density at radius 3 is 2.82 bits per heavy atom. The van der Waals surface area contributed by atoms with Crippen molar-refractivity contribution in [2.45, 2.75) is 6.61 Å². The lowest BCUT2D eigenvalue weighted by molar-refractivity contribution is 0.280. The molecule has 0 aliphatic rings. The molecule has 0 saturated heterocycles. The summed E-state index contributed by atoms with van der Waals surface area (Å²) >= 11 is 1.49. The Labute approximate surface area is 129 Å². The highest BCUT2D eigenvalue weighted by Crippen LogP contribution is 2.25. The first kappa shape index (κ1) is 12.8. The van der Waals surface area contributed by atoms with Crippen molar-refractivity contribution < 1.29 is 4.74 Å². The van der Waals surface area contributed by atoms with Crippen LogP contribution in [0.2, 0.25) is 0 Å². The third kappa shape index (κ3) is 2.40. The van der Waals surface area contributed by atoms with Crippen LogP contribution >= 0.6 is 11.3 Å². The van der Waals surface area contributed by atoms with Crippen molar-refractivity contribution in [3.05, 3.63) is 54.7 Å². The summed E-state index contributed by atoms with van der Waals surface area (Å²) < 4.78 is 7.24. The Morgan fingerprint density at radius 2 is 2.00 bits per heavy atom. The summed E-state index contributed by atoms with van der Waals surface area (Å²) in [6, 6.07) is 9.97. The molecule has 8 heteroatoms. The first-order valence-corrected chi connectivity index (χ1v) is 7.37. The lowest BCUT2D eigenvalue weighted by atomic mass is 10.2. The van der Waals surface area contributed by atoms with Crippen LogP contribution in [0, 0.1) is 0 Å². The maximum atomic E-state index is 5.54. The molecular formula is C14H10N6OS. The van der Waals surface area contributed by atoms with Crippen LogP contribution in [-0.2, 0) is 6.61 Å². The molecule has 0 aliphatic carbocycles. The summed E-state index contributed by atoms with van der Waals surface area (Å²) in [5.74, 6) is 1.07. The Bertz CT molecular complexity index is 890. The normalized spacial score (nSPS) is 10.9. The number of hydrogen-bond donors (Lipinski definition) is 0. The molecule has 0 saturated carbocycles. The monoisotopic (exact) mass is 310 g/mol. The van der Waals surface area contributed by atoms with Crippen molar-refractivity contribution in [1.82, 2.24) is 29.8 Å². The zero-order chi connectivity index (χ0) is 14.8. The fourth-order valence-electron chi connectivity index (χ4n) is 1.94. The second-order valence-electron chi connectivity index (χ2n) is 4.42. The molecule has 22 heavy (non-hydrogen) atoms. The third-order valence-corrected chi connectivity index (χ3v) is 3.91. The zero-order valence-corrected chi connectivity index (χ0v) is 12.1. The molecule has 0 bridgehead atoms. The summed E-state index contributed by atoms with van der Waals surface area (Å²) in [4.78, 5) is 8.73. The number of benzene rings is 1. The Balaban J connectivity index is 1.61. The van der Waals surface area contributed by atoms with Crippen molar-refractivity contribution in [2.75, 3.05) is 0 Å². The molecule has 0 unspecified atom stereocenters. The second kappa shape index (κ2) is 5.49. The lowest BCUT2D eigenvalue weighted by Gasteiger charge is -2.01. The van der Waals surface area contributed by atoms with Gasteiger partial charge >= 0.3 is 0 Å². The summed E-state index contributed by atoms with van der Waals surface area (Å²) in [5.41, 5.74) is 1.05. The smallest absolute Gasteiger partial charge is 0.235 e. The highest BCUT2D eigenvalue weighted by atomic mass is 32.1.